The number of methoxy groups -OCH3 is 3. The Morgan fingerprint density at radius 1 is 0.696 bits per heavy atom. The molecule has 0 saturated heterocycles. The monoisotopic (exact) mass is 956 g/mol. The van der Waals surface area contributed by atoms with Gasteiger partial charge < -0.3 is 61.6 Å². The van der Waals surface area contributed by atoms with Crippen LogP contribution in [0.3, 0.4) is 0 Å². The highest BCUT2D eigenvalue weighted by Gasteiger charge is 2.72. The normalized spacial score (nSPS) is 17.4. The average molecular weight is 957 g/mol. The van der Waals surface area contributed by atoms with E-state index in [1.165, 1.54) is 21.3 Å². The number of esters is 3. The molecule has 69 heavy (non-hydrogen) atoms. The fourth-order valence-corrected chi connectivity index (χ4v) is 7.47. The number of benzene rings is 5. The van der Waals surface area contributed by atoms with Crippen molar-refractivity contribution < 1.29 is 62.7 Å². The first-order valence-electron chi connectivity index (χ1n) is 20.8. The van der Waals surface area contributed by atoms with Crippen LogP contribution in [0.2, 0.25) is 0 Å². The zero-order chi connectivity index (χ0) is 48.9. The molecule has 5 aromatic carbocycles. The Kier molecular flexibility index (Phi) is 27.0. The molecule has 1 saturated carbocycles. The standard InChI is InChI=1S/C27H26N2O7.C12H20O6.2C6H6.CH4.2H3N/c1-5-35-27(33)23-15-21(22(26(32)34-4)14-20(23)24(30)28-3)25(31)29-17-8-12-19(13-9-17)36-18-10-6-16(2)7-11-18;1-11(6-14)7(5-13)12(2,10(16)18-4)8(11)9(15)17-3;2*1-2-4-6-5-3-1;;;/h6-15H,5H2,1-4H3,(H,28,30)(H,29,31);6-8,10,13,16H,5H2,1-4H3;2*1-6H;1H4;2*1H3. The van der Waals surface area contributed by atoms with Crippen molar-refractivity contribution in [3.63, 3.8) is 0 Å². The number of hydrogen-bond acceptors (Lipinski definition) is 15. The van der Waals surface area contributed by atoms with Crippen molar-refractivity contribution >= 4 is 41.7 Å². The second-order valence-corrected chi connectivity index (χ2v) is 15.1. The highest BCUT2D eigenvalue weighted by atomic mass is 16.6. The molecule has 17 nitrogen and oxygen atoms in total. The predicted molar refractivity (Wildman–Crippen MR) is 264 cm³/mol. The van der Waals surface area contributed by atoms with E-state index in [0.29, 0.717) is 23.5 Å². The van der Waals surface area contributed by atoms with Crippen molar-refractivity contribution in [3.05, 3.63) is 161 Å². The van der Waals surface area contributed by atoms with Gasteiger partial charge in [-0.05, 0) is 62.4 Å². The lowest BCUT2D eigenvalue weighted by Crippen LogP contribution is -2.71. The van der Waals surface area contributed by atoms with E-state index in [4.69, 9.17) is 18.9 Å². The first-order valence-corrected chi connectivity index (χ1v) is 20.8. The number of carbonyl (C=O) groups excluding carboxylic acids is 6. The van der Waals surface area contributed by atoms with Crippen molar-refractivity contribution in [2.75, 3.05) is 46.9 Å². The summed E-state index contributed by atoms with van der Waals surface area (Å²) in [6.07, 6.45) is -0.619. The van der Waals surface area contributed by atoms with E-state index < -0.39 is 58.7 Å². The fraction of sp³-hybridized carbons (Fsp3) is 0.308. The molecule has 6 rings (SSSR count). The molecule has 5 atom stereocenters. The summed E-state index contributed by atoms with van der Waals surface area (Å²) in [5, 5.41) is 24.4. The van der Waals surface area contributed by atoms with Crippen molar-refractivity contribution in [3.8, 4) is 11.5 Å². The Balaban J connectivity index is 0.00000115. The van der Waals surface area contributed by atoms with E-state index in [2.05, 4.69) is 15.4 Å². The minimum atomic E-state index is -1.26. The van der Waals surface area contributed by atoms with Gasteiger partial charge in [0.1, 0.15) is 17.8 Å². The van der Waals surface area contributed by atoms with Crippen LogP contribution in [0.25, 0.3) is 0 Å². The molecule has 0 aromatic heterocycles. The predicted octanol–water partition coefficient (Wildman–Crippen LogP) is 8.27. The topological polar surface area (TPSA) is 283 Å². The lowest BCUT2D eigenvalue weighted by molar-refractivity contribution is -0.286. The molecule has 17 heteroatoms. The summed E-state index contributed by atoms with van der Waals surface area (Å²) in [4.78, 5) is 73.6. The third kappa shape index (κ3) is 15.9. The fourth-order valence-electron chi connectivity index (χ4n) is 7.47. The number of rotatable bonds is 13. The van der Waals surface area contributed by atoms with Gasteiger partial charge in [-0.25, -0.2) is 9.59 Å². The molecular weight excluding hydrogens is 889 g/mol. The van der Waals surface area contributed by atoms with Crippen LogP contribution in [0, 0.1) is 29.6 Å². The summed E-state index contributed by atoms with van der Waals surface area (Å²) < 4.78 is 25.2. The SMILES string of the molecule is C.CCOC(=O)c1cc(C(=O)Nc2ccc(Oc3ccc(C)cc3)cc2)c(C(=O)OC)cc1C(=O)NC.COC(=O)C1C(C)(C=O)C(CO)C1(C)C(O)OC.N.N.c1ccccc1.c1ccccc1. The van der Waals surface area contributed by atoms with Gasteiger partial charge in [0.2, 0.25) is 0 Å². The summed E-state index contributed by atoms with van der Waals surface area (Å²) >= 11 is 0. The number of aryl methyl sites for hydroxylation is 1. The van der Waals surface area contributed by atoms with Crippen LogP contribution in [0.4, 0.5) is 5.69 Å². The van der Waals surface area contributed by atoms with Crippen LogP contribution in [-0.2, 0) is 28.5 Å². The van der Waals surface area contributed by atoms with Crippen LogP contribution in [0.5, 0.6) is 11.5 Å². The number of carbonyl (C=O) groups is 6. The molecule has 0 heterocycles. The van der Waals surface area contributed by atoms with Crippen LogP contribution in [-0.4, -0.2) is 94.1 Å². The molecule has 374 valence electrons. The van der Waals surface area contributed by atoms with E-state index in [1.807, 2.05) is 104 Å². The third-order valence-corrected chi connectivity index (χ3v) is 10.9. The maximum absolute atomic E-state index is 13.1. The Hall–Kier alpha value is -7.28. The van der Waals surface area contributed by atoms with Crippen molar-refractivity contribution in [2.24, 2.45) is 22.7 Å². The molecule has 0 radical (unpaired) electrons. The maximum atomic E-state index is 13.1. The highest BCUT2D eigenvalue weighted by molar-refractivity contribution is 6.15. The van der Waals surface area contributed by atoms with E-state index in [0.717, 1.165) is 24.8 Å². The van der Waals surface area contributed by atoms with Gasteiger partial charge in [-0.15, -0.1) is 0 Å². The number of nitrogens with one attached hydrogen (secondary N) is 2. The lowest BCUT2D eigenvalue weighted by atomic mass is 9.40. The van der Waals surface area contributed by atoms with Gasteiger partial charge in [-0.3, -0.25) is 14.4 Å². The quantitative estimate of drug-likeness (QED) is 0.0280. The molecule has 5 aromatic rings. The van der Waals surface area contributed by atoms with Gasteiger partial charge in [0.25, 0.3) is 11.8 Å². The molecule has 2 amide bonds. The molecule has 0 bridgehead atoms. The van der Waals surface area contributed by atoms with Crippen molar-refractivity contribution in [1.82, 2.24) is 17.6 Å². The largest absolute Gasteiger partial charge is 0.469 e. The third-order valence-electron chi connectivity index (χ3n) is 10.9. The first-order chi connectivity index (χ1) is 31.6. The number of amides is 2. The van der Waals surface area contributed by atoms with Crippen LogP contribution in [0.1, 0.15) is 75.2 Å². The molecule has 10 N–H and O–H groups in total. The second-order valence-electron chi connectivity index (χ2n) is 15.1. The van der Waals surface area contributed by atoms with E-state index >= 15 is 0 Å². The number of aliphatic hydroxyl groups is 2. The number of aldehydes is 1. The number of ether oxygens (including phenoxy) is 5. The zero-order valence-electron chi connectivity index (χ0n) is 39.7. The molecule has 5 unspecified atom stereocenters. The van der Waals surface area contributed by atoms with Gasteiger partial charge >= 0.3 is 17.9 Å². The molecule has 1 aliphatic rings. The first kappa shape index (κ1) is 61.7. The molecular formula is C52H68N4O13. The minimum Gasteiger partial charge on any atom is -0.469 e. The number of hydrogen-bond donors (Lipinski definition) is 6. The van der Waals surface area contributed by atoms with Gasteiger partial charge in [0.15, 0.2) is 6.29 Å². The van der Waals surface area contributed by atoms with Crippen LogP contribution >= 0.6 is 0 Å². The Labute approximate surface area is 404 Å². The summed E-state index contributed by atoms with van der Waals surface area (Å²) in [6, 6.07) is 40.5. The molecule has 0 spiro atoms. The minimum absolute atomic E-state index is 0. The average Bonchev–Trinajstić information content (AvgIpc) is 3.35. The highest BCUT2D eigenvalue weighted by Crippen LogP contribution is 2.64. The van der Waals surface area contributed by atoms with Gasteiger partial charge in [0, 0.05) is 43.2 Å². The Morgan fingerprint density at radius 3 is 1.51 bits per heavy atom. The van der Waals surface area contributed by atoms with Crippen LogP contribution in [0.15, 0.2) is 133 Å². The van der Waals surface area contributed by atoms with E-state index in [1.54, 1.807) is 45.0 Å². The van der Waals surface area contributed by atoms with Crippen molar-refractivity contribution in [2.45, 2.75) is 41.4 Å². The van der Waals surface area contributed by atoms with Gasteiger partial charge in [-0.1, -0.05) is 112 Å². The summed E-state index contributed by atoms with van der Waals surface area (Å²) in [5.41, 5.74) is -1.19. The Bertz CT molecular complexity index is 2270. The summed E-state index contributed by atoms with van der Waals surface area (Å²) in [6.45, 7) is 6.51. The summed E-state index contributed by atoms with van der Waals surface area (Å²) in [7, 11) is 5.05. The Morgan fingerprint density at radius 2 is 1.13 bits per heavy atom. The summed E-state index contributed by atoms with van der Waals surface area (Å²) in [5.74, 6) is -3.74. The molecule has 0 aliphatic heterocycles. The van der Waals surface area contributed by atoms with E-state index in [-0.39, 0.29) is 55.2 Å². The van der Waals surface area contributed by atoms with Crippen molar-refractivity contribution in [1.29, 1.82) is 0 Å². The molecule has 1 aliphatic carbocycles. The lowest BCUT2D eigenvalue weighted by Gasteiger charge is -2.63. The molecule has 1 fully saturated rings. The van der Waals surface area contributed by atoms with Gasteiger partial charge in [-0.2, -0.15) is 0 Å². The second kappa shape index (κ2) is 30.2. The van der Waals surface area contributed by atoms with E-state index in [9.17, 15) is 39.0 Å². The number of anilines is 1. The maximum Gasteiger partial charge on any atom is 0.338 e. The zero-order valence-corrected chi connectivity index (χ0v) is 39.7. The van der Waals surface area contributed by atoms with Gasteiger partial charge in [0.05, 0.1) is 49.0 Å². The number of aliphatic hydroxyl groups excluding tert-OH is 2. The van der Waals surface area contributed by atoms with Crippen LogP contribution < -0.4 is 27.7 Å². The smallest absolute Gasteiger partial charge is 0.338 e.